The van der Waals surface area contributed by atoms with E-state index in [4.69, 9.17) is 4.52 Å². The summed E-state index contributed by atoms with van der Waals surface area (Å²) in [5.74, 6) is 1.76. The number of rotatable bonds is 7. The molecule has 1 aromatic carbocycles. The van der Waals surface area contributed by atoms with Gasteiger partial charge in [0.2, 0.25) is 11.0 Å². The van der Waals surface area contributed by atoms with Crippen molar-refractivity contribution in [1.29, 1.82) is 0 Å². The summed E-state index contributed by atoms with van der Waals surface area (Å²) in [7, 11) is 0. The summed E-state index contributed by atoms with van der Waals surface area (Å²) in [4.78, 5) is 12.0. The summed E-state index contributed by atoms with van der Waals surface area (Å²) in [6, 6.07) is 10.1. The lowest BCUT2D eigenvalue weighted by atomic mass is 10.2. The summed E-state index contributed by atoms with van der Waals surface area (Å²) in [5, 5.41) is 16.3. The third-order valence-corrected chi connectivity index (χ3v) is 5.37. The van der Waals surface area contributed by atoms with Gasteiger partial charge in [0.1, 0.15) is 10.8 Å². The Labute approximate surface area is 154 Å². The van der Waals surface area contributed by atoms with Crippen molar-refractivity contribution in [1.82, 2.24) is 15.4 Å². The Morgan fingerprint density at radius 1 is 1.24 bits per heavy atom. The van der Waals surface area contributed by atoms with E-state index in [-0.39, 0.29) is 5.91 Å². The second-order valence-electron chi connectivity index (χ2n) is 5.51. The van der Waals surface area contributed by atoms with Crippen LogP contribution < -0.4 is 5.32 Å². The fourth-order valence-corrected chi connectivity index (χ4v) is 4.02. The molecular formula is C17H18N4O2S2. The number of anilines is 1. The van der Waals surface area contributed by atoms with Crippen LogP contribution in [0.15, 0.2) is 34.9 Å². The van der Waals surface area contributed by atoms with Crippen LogP contribution in [0, 0.1) is 13.8 Å². The van der Waals surface area contributed by atoms with Crippen molar-refractivity contribution in [3.05, 3.63) is 57.9 Å². The molecule has 6 nitrogen and oxygen atoms in total. The number of aromatic nitrogens is 3. The maximum atomic E-state index is 12.0. The maximum absolute atomic E-state index is 12.0. The minimum Gasteiger partial charge on any atom is -0.361 e. The third-order valence-electron chi connectivity index (χ3n) is 3.57. The molecule has 0 fully saturated rings. The molecule has 3 rings (SSSR count). The fourth-order valence-electron chi connectivity index (χ4n) is 2.26. The van der Waals surface area contributed by atoms with Gasteiger partial charge in [-0.3, -0.25) is 10.1 Å². The zero-order chi connectivity index (χ0) is 17.6. The van der Waals surface area contributed by atoms with Crippen LogP contribution >= 0.6 is 23.1 Å². The molecule has 0 radical (unpaired) electrons. The second kappa shape index (κ2) is 8.26. The SMILES string of the molecule is Cc1noc(C)c1CSCC(=O)Nc1nnc(Cc2ccccc2)s1. The number of amides is 1. The number of hydrogen-bond donors (Lipinski definition) is 1. The van der Waals surface area contributed by atoms with E-state index in [0.29, 0.717) is 16.6 Å². The lowest BCUT2D eigenvalue weighted by Crippen LogP contribution is -2.14. The molecule has 0 aliphatic rings. The topological polar surface area (TPSA) is 80.9 Å². The standard InChI is InChI=1S/C17H18N4O2S2/c1-11-14(12(2)23-21-11)9-24-10-15(22)18-17-20-19-16(25-17)8-13-6-4-3-5-7-13/h3-7H,8-10H2,1-2H3,(H,18,20,22). The van der Waals surface area contributed by atoms with Crippen LogP contribution in [0.4, 0.5) is 5.13 Å². The number of aryl methyl sites for hydroxylation is 2. The van der Waals surface area contributed by atoms with E-state index in [9.17, 15) is 4.79 Å². The van der Waals surface area contributed by atoms with Gasteiger partial charge in [0.25, 0.3) is 0 Å². The predicted molar refractivity (Wildman–Crippen MR) is 99.9 cm³/mol. The Kier molecular flexibility index (Phi) is 5.83. The number of thioether (sulfide) groups is 1. The lowest BCUT2D eigenvalue weighted by Gasteiger charge is -2.01. The lowest BCUT2D eigenvalue weighted by molar-refractivity contribution is -0.113. The molecule has 1 N–H and O–H groups in total. The van der Waals surface area contributed by atoms with Gasteiger partial charge in [0.05, 0.1) is 11.4 Å². The zero-order valence-corrected chi connectivity index (χ0v) is 15.6. The van der Waals surface area contributed by atoms with E-state index in [2.05, 4.69) is 20.7 Å². The summed E-state index contributed by atoms with van der Waals surface area (Å²) < 4.78 is 5.12. The summed E-state index contributed by atoms with van der Waals surface area (Å²) in [5.41, 5.74) is 3.10. The number of carbonyl (C=O) groups is 1. The Balaban J connectivity index is 1.47. The van der Waals surface area contributed by atoms with E-state index in [0.717, 1.165) is 28.4 Å². The molecule has 1 amide bonds. The first-order chi connectivity index (χ1) is 12.1. The molecule has 0 aliphatic heterocycles. The molecule has 0 atom stereocenters. The summed E-state index contributed by atoms with van der Waals surface area (Å²) in [6.07, 6.45) is 0.717. The van der Waals surface area contributed by atoms with Crippen molar-refractivity contribution in [2.24, 2.45) is 0 Å². The van der Waals surface area contributed by atoms with Crippen LogP contribution in [0.1, 0.15) is 27.6 Å². The predicted octanol–water partition coefficient (Wildman–Crippen LogP) is 3.61. The molecule has 3 aromatic rings. The highest BCUT2D eigenvalue weighted by Gasteiger charge is 2.12. The molecule has 2 heterocycles. The van der Waals surface area contributed by atoms with Crippen molar-refractivity contribution in [3.8, 4) is 0 Å². The molecule has 25 heavy (non-hydrogen) atoms. The van der Waals surface area contributed by atoms with Gasteiger partial charge >= 0.3 is 0 Å². The zero-order valence-electron chi connectivity index (χ0n) is 14.0. The van der Waals surface area contributed by atoms with Gasteiger partial charge in [-0.15, -0.1) is 22.0 Å². The molecule has 0 bridgehead atoms. The van der Waals surface area contributed by atoms with E-state index in [1.54, 1.807) is 0 Å². The minimum absolute atomic E-state index is 0.0841. The van der Waals surface area contributed by atoms with Crippen LogP contribution in [-0.4, -0.2) is 27.0 Å². The fraction of sp³-hybridized carbons (Fsp3) is 0.294. The van der Waals surface area contributed by atoms with E-state index in [1.807, 2.05) is 44.2 Å². The monoisotopic (exact) mass is 374 g/mol. The van der Waals surface area contributed by atoms with Crippen LogP contribution in [0.25, 0.3) is 0 Å². The van der Waals surface area contributed by atoms with Crippen molar-refractivity contribution in [3.63, 3.8) is 0 Å². The largest absolute Gasteiger partial charge is 0.361 e. The highest BCUT2D eigenvalue weighted by atomic mass is 32.2. The first kappa shape index (κ1) is 17.6. The average molecular weight is 374 g/mol. The summed E-state index contributed by atoms with van der Waals surface area (Å²) in [6.45, 7) is 3.79. The highest BCUT2D eigenvalue weighted by molar-refractivity contribution is 7.99. The van der Waals surface area contributed by atoms with Gasteiger partial charge in [-0.25, -0.2) is 0 Å². The first-order valence-electron chi connectivity index (χ1n) is 7.77. The number of nitrogens with one attached hydrogen (secondary N) is 1. The normalized spacial score (nSPS) is 10.8. The van der Waals surface area contributed by atoms with E-state index in [1.165, 1.54) is 28.7 Å². The highest BCUT2D eigenvalue weighted by Crippen LogP contribution is 2.21. The summed E-state index contributed by atoms with van der Waals surface area (Å²) >= 11 is 2.92. The molecular weight excluding hydrogens is 356 g/mol. The molecule has 8 heteroatoms. The maximum Gasteiger partial charge on any atom is 0.236 e. The minimum atomic E-state index is -0.0841. The van der Waals surface area contributed by atoms with Crippen LogP contribution in [0.3, 0.4) is 0 Å². The smallest absolute Gasteiger partial charge is 0.236 e. The van der Waals surface area contributed by atoms with Crippen LogP contribution in [-0.2, 0) is 17.0 Å². The molecule has 0 saturated carbocycles. The Bertz CT molecular complexity index is 826. The molecule has 0 aliphatic carbocycles. The van der Waals surface area contributed by atoms with Crippen molar-refractivity contribution >= 4 is 34.1 Å². The second-order valence-corrected chi connectivity index (χ2v) is 7.55. The Hall–Kier alpha value is -2.19. The van der Waals surface area contributed by atoms with Gasteiger partial charge in [0.15, 0.2) is 0 Å². The molecule has 0 saturated heterocycles. The molecule has 0 spiro atoms. The van der Waals surface area contributed by atoms with Gasteiger partial charge < -0.3 is 4.52 Å². The van der Waals surface area contributed by atoms with E-state index < -0.39 is 0 Å². The number of benzene rings is 1. The van der Waals surface area contributed by atoms with Crippen molar-refractivity contribution < 1.29 is 9.32 Å². The van der Waals surface area contributed by atoms with Crippen LogP contribution in [0.5, 0.6) is 0 Å². The van der Waals surface area contributed by atoms with Gasteiger partial charge in [-0.05, 0) is 19.4 Å². The van der Waals surface area contributed by atoms with Gasteiger partial charge in [0, 0.05) is 17.7 Å². The number of carbonyl (C=O) groups excluding carboxylic acids is 1. The molecule has 130 valence electrons. The number of hydrogen-bond acceptors (Lipinski definition) is 7. The Morgan fingerprint density at radius 2 is 2.04 bits per heavy atom. The number of nitrogens with zero attached hydrogens (tertiary/aromatic N) is 3. The quantitative estimate of drug-likeness (QED) is 0.680. The van der Waals surface area contributed by atoms with Gasteiger partial charge in [-0.1, -0.05) is 46.8 Å². The molecule has 0 unspecified atom stereocenters. The molecule has 2 aromatic heterocycles. The van der Waals surface area contributed by atoms with Crippen molar-refractivity contribution in [2.75, 3.05) is 11.1 Å². The average Bonchev–Trinajstić information content (AvgIpc) is 3.16. The Morgan fingerprint density at radius 3 is 2.76 bits per heavy atom. The third kappa shape index (κ3) is 4.90. The van der Waals surface area contributed by atoms with Crippen LogP contribution in [0.2, 0.25) is 0 Å². The van der Waals surface area contributed by atoms with Crippen molar-refractivity contribution in [2.45, 2.75) is 26.0 Å². The van der Waals surface area contributed by atoms with Gasteiger partial charge in [-0.2, -0.15) is 0 Å². The first-order valence-corrected chi connectivity index (χ1v) is 9.74. The van der Waals surface area contributed by atoms with E-state index >= 15 is 0 Å².